The third-order valence-electron chi connectivity index (χ3n) is 4.27. The van der Waals surface area contributed by atoms with Gasteiger partial charge in [-0.15, -0.1) is 27.7 Å². The molecular formula is C14H12Cl2N6S2. The van der Waals surface area contributed by atoms with Crippen LogP contribution in [0.3, 0.4) is 0 Å². The molecule has 1 aliphatic heterocycles. The number of aliphatic imine (C=N–C) groups is 1. The van der Waals surface area contributed by atoms with Crippen molar-refractivity contribution in [3.63, 3.8) is 0 Å². The number of aromatic nitrogens is 2. The monoisotopic (exact) mass is 398 g/mol. The summed E-state index contributed by atoms with van der Waals surface area (Å²) < 4.78 is 1.06. The lowest BCUT2D eigenvalue weighted by Gasteiger charge is -2.24. The van der Waals surface area contributed by atoms with Crippen molar-refractivity contribution in [1.82, 2.24) is 19.8 Å². The Bertz CT molecular complexity index is 834. The van der Waals surface area contributed by atoms with Gasteiger partial charge in [-0.2, -0.15) is 5.26 Å². The summed E-state index contributed by atoms with van der Waals surface area (Å²) in [4.78, 5) is 18.8. The van der Waals surface area contributed by atoms with Crippen LogP contribution in [0.25, 0.3) is 0 Å². The van der Waals surface area contributed by atoms with Gasteiger partial charge in [0, 0.05) is 28.7 Å². The van der Waals surface area contributed by atoms with Gasteiger partial charge in [0.1, 0.15) is 0 Å². The zero-order valence-corrected chi connectivity index (χ0v) is 15.6. The molecule has 6 nitrogen and oxygen atoms in total. The largest absolute Gasteiger partial charge is 0.334 e. The van der Waals surface area contributed by atoms with Crippen molar-refractivity contribution in [2.75, 3.05) is 6.54 Å². The highest BCUT2D eigenvalue weighted by Gasteiger charge is 2.56. The van der Waals surface area contributed by atoms with E-state index in [-0.39, 0.29) is 5.54 Å². The molecule has 24 heavy (non-hydrogen) atoms. The lowest BCUT2D eigenvalue weighted by atomic mass is 10.2. The van der Waals surface area contributed by atoms with Crippen molar-refractivity contribution >= 4 is 51.8 Å². The van der Waals surface area contributed by atoms with Crippen molar-refractivity contribution in [1.29, 1.82) is 5.26 Å². The molecule has 2 aliphatic rings. The van der Waals surface area contributed by atoms with E-state index >= 15 is 0 Å². The van der Waals surface area contributed by atoms with Crippen molar-refractivity contribution in [3.8, 4) is 6.19 Å². The highest BCUT2D eigenvalue weighted by Crippen LogP contribution is 2.48. The van der Waals surface area contributed by atoms with Crippen molar-refractivity contribution in [3.05, 3.63) is 31.1 Å². The summed E-state index contributed by atoms with van der Waals surface area (Å²) in [7, 11) is 0. The van der Waals surface area contributed by atoms with E-state index in [0.717, 1.165) is 29.1 Å². The average Bonchev–Trinajstić information content (AvgIpc) is 2.87. The Morgan fingerprint density at radius 3 is 2.29 bits per heavy atom. The number of hydrogen-bond acceptors (Lipinski definition) is 6. The van der Waals surface area contributed by atoms with Gasteiger partial charge in [-0.3, -0.25) is 0 Å². The molecule has 10 heteroatoms. The van der Waals surface area contributed by atoms with Gasteiger partial charge in [-0.1, -0.05) is 23.2 Å². The van der Waals surface area contributed by atoms with Crippen LogP contribution in [0.1, 0.15) is 22.6 Å². The van der Waals surface area contributed by atoms with Crippen LogP contribution in [-0.4, -0.2) is 37.8 Å². The molecule has 0 amide bonds. The highest BCUT2D eigenvalue weighted by atomic mass is 35.5. The lowest BCUT2D eigenvalue weighted by molar-refractivity contribution is 0.316. The second-order valence-electron chi connectivity index (χ2n) is 5.84. The smallest absolute Gasteiger partial charge is 0.213 e. The van der Waals surface area contributed by atoms with Gasteiger partial charge in [0.2, 0.25) is 12.2 Å². The molecule has 2 aromatic rings. The molecule has 0 aromatic carbocycles. The average molecular weight is 399 g/mol. The van der Waals surface area contributed by atoms with Crippen LogP contribution in [0.5, 0.6) is 0 Å². The summed E-state index contributed by atoms with van der Waals surface area (Å²) in [6, 6.07) is 0. The Kier molecular flexibility index (Phi) is 4.12. The zero-order chi connectivity index (χ0) is 16.7. The molecular weight excluding hydrogens is 387 g/mol. The number of nitrogens with zero attached hydrogens (tertiary/aromatic N) is 6. The third kappa shape index (κ3) is 2.97. The number of halogens is 2. The predicted octanol–water partition coefficient (Wildman–Crippen LogP) is 3.59. The number of nitriles is 1. The highest BCUT2D eigenvalue weighted by molar-refractivity contribution is 7.16. The predicted molar refractivity (Wildman–Crippen MR) is 95.2 cm³/mol. The first-order valence-corrected chi connectivity index (χ1v) is 9.68. The summed E-state index contributed by atoms with van der Waals surface area (Å²) >= 11 is 14.8. The summed E-state index contributed by atoms with van der Waals surface area (Å²) in [6.45, 7) is 2.19. The summed E-state index contributed by atoms with van der Waals surface area (Å²) in [5.41, 5.74) is 0.0701. The van der Waals surface area contributed by atoms with Crippen molar-refractivity contribution in [2.24, 2.45) is 4.99 Å². The first kappa shape index (κ1) is 16.1. The normalized spacial score (nSPS) is 20.1. The van der Waals surface area contributed by atoms with E-state index in [9.17, 15) is 0 Å². The fourth-order valence-corrected chi connectivity index (χ4v) is 5.03. The Hall–Kier alpha value is -1.40. The van der Waals surface area contributed by atoms with Gasteiger partial charge in [0.25, 0.3) is 0 Å². The van der Waals surface area contributed by atoms with Crippen LogP contribution in [0.15, 0.2) is 17.4 Å². The summed E-state index contributed by atoms with van der Waals surface area (Å²) in [5, 5.41) is 9.14. The molecule has 0 radical (unpaired) electrons. The van der Waals surface area contributed by atoms with Gasteiger partial charge >= 0.3 is 0 Å². The Labute approximate surface area is 157 Å². The van der Waals surface area contributed by atoms with Gasteiger partial charge in [0.15, 0.2) is 8.93 Å². The molecule has 4 rings (SSSR count). The van der Waals surface area contributed by atoms with E-state index in [1.165, 1.54) is 22.7 Å². The third-order valence-corrected chi connectivity index (χ3v) is 6.47. The molecule has 124 valence electrons. The number of thiazole rings is 2. The molecule has 0 N–H and O–H groups in total. The van der Waals surface area contributed by atoms with Crippen LogP contribution in [0.4, 0.5) is 0 Å². The molecule has 1 saturated heterocycles. The molecule has 1 saturated carbocycles. The van der Waals surface area contributed by atoms with E-state index < -0.39 is 0 Å². The maximum atomic E-state index is 9.14. The van der Waals surface area contributed by atoms with Crippen LogP contribution < -0.4 is 0 Å². The SMILES string of the molecule is N#CN=C1N(Cc2cnc(Cl)s2)CC2(CC2)N1Cc1cnc(Cl)s1. The Balaban J connectivity index is 1.60. The minimum Gasteiger partial charge on any atom is -0.334 e. The van der Waals surface area contributed by atoms with E-state index in [1.54, 1.807) is 12.4 Å². The first-order valence-electron chi connectivity index (χ1n) is 7.29. The molecule has 0 unspecified atom stereocenters. The van der Waals surface area contributed by atoms with Gasteiger partial charge in [-0.05, 0) is 12.8 Å². The van der Waals surface area contributed by atoms with Gasteiger partial charge < -0.3 is 9.80 Å². The topological polar surface area (TPSA) is 68.4 Å². The van der Waals surface area contributed by atoms with Crippen LogP contribution in [0, 0.1) is 11.5 Å². The fraction of sp³-hybridized carbons (Fsp3) is 0.429. The maximum Gasteiger partial charge on any atom is 0.213 e. The Morgan fingerprint density at radius 2 is 1.79 bits per heavy atom. The van der Waals surface area contributed by atoms with Crippen LogP contribution >= 0.6 is 45.9 Å². The molecule has 1 aliphatic carbocycles. The molecule has 2 aromatic heterocycles. The molecule has 2 fully saturated rings. The van der Waals surface area contributed by atoms with E-state index in [2.05, 4.69) is 24.8 Å². The zero-order valence-electron chi connectivity index (χ0n) is 12.4. The molecule has 0 atom stereocenters. The van der Waals surface area contributed by atoms with Gasteiger partial charge in [0.05, 0.1) is 18.6 Å². The van der Waals surface area contributed by atoms with E-state index in [1.807, 2.05) is 6.19 Å². The fourth-order valence-electron chi connectivity index (χ4n) is 3.06. The number of rotatable bonds is 4. The molecule has 0 bridgehead atoms. The molecule has 3 heterocycles. The van der Waals surface area contributed by atoms with E-state index in [4.69, 9.17) is 28.5 Å². The number of guanidine groups is 1. The van der Waals surface area contributed by atoms with Crippen molar-refractivity contribution < 1.29 is 0 Å². The summed E-state index contributed by atoms with van der Waals surface area (Å²) in [5.74, 6) is 0.712. The maximum absolute atomic E-state index is 9.14. The van der Waals surface area contributed by atoms with Crippen LogP contribution in [-0.2, 0) is 13.1 Å². The second kappa shape index (κ2) is 6.15. The van der Waals surface area contributed by atoms with Gasteiger partial charge in [-0.25, -0.2) is 9.97 Å². The lowest BCUT2D eigenvalue weighted by Crippen LogP contribution is -2.36. The van der Waals surface area contributed by atoms with Crippen molar-refractivity contribution in [2.45, 2.75) is 31.5 Å². The quantitative estimate of drug-likeness (QED) is 0.735. The summed E-state index contributed by atoms with van der Waals surface area (Å²) in [6.07, 6.45) is 7.72. The van der Waals surface area contributed by atoms with E-state index in [0.29, 0.717) is 28.0 Å². The first-order chi connectivity index (χ1) is 11.6. The minimum absolute atomic E-state index is 0.0701. The number of hydrogen-bond donors (Lipinski definition) is 0. The standard InChI is InChI=1S/C14H12Cl2N6S2/c15-11-18-3-9(23-11)5-21-7-14(1-2-14)22(13(21)20-8-17)6-10-4-19-12(16)24-10/h3-4H,1-2,5-7H2. The molecule has 1 spiro atoms. The minimum atomic E-state index is 0.0701. The Morgan fingerprint density at radius 1 is 1.17 bits per heavy atom. The van der Waals surface area contributed by atoms with Crippen LogP contribution in [0.2, 0.25) is 8.93 Å². The second-order valence-corrected chi connectivity index (χ2v) is 9.23.